The second kappa shape index (κ2) is 5.94. The lowest BCUT2D eigenvalue weighted by Gasteiger charge is -2.23. The van der Waals surface area contributed by atoms with Crippen molar-refractivity contribution in [2.24, 2.45) is 5.92 Å². The predicted molar refractivity (Wildman–Crippen MR) is 81.9 cm³/mol. The molecule has 1 unspecified atom stereocenters. The smallest absolute Gasteiger partial charge is 0.0632 e. The summed E-state index contributed by atoms with van der Waals surface area (Å²) in [6, 6.07) is 4.36. The van der Waals surface area contributed by atoms with Gasteiger partial charge in [0.25, 0.3) is 0 Å². The Kier molecular flexibility index (Phi) is 4.79. The SMILES string of the molecule is CC(Nc1c(Br)cc(Cl)cc1Br)C1CCCC1. The molecule has 1 aromatic carbocycles. The number of hydrogen-bond acceptors (Lipinski definition) is 1. The lowest BCUT2D eigenvalue weighted by molar-refractivity contribution is 0.482. The van der Waals surface area contributed by atoms with Crippen LogP contribution in [0.4, 0.5) is 5.69 Å². The van der Waals surface area contributed by atoms with Gasteiger partial charge in [0, 0.05) is 20.0 Å². The van der Waals surface area contributed by atoms with Gasteiger partial charge in [-0.2, -0.15) is 0 Å². The molecule has 1 aliphatic rings. The van der Waals surface area contributed by atoms with Crippen LogP contribution in [0.2, 0.25) is 5.02 Å². The van der Waals surface area contributed by atoms with Gasteiger partial charge in [0.15, 0.2) is 0 Å². The molecule has 1 saturated carbocycles. The van der Waals surface area contributed by atoms with Crippen molar-refractivity contribution in [1.82, 2.24) is 0 Å². The molecule has 1 aromatic rings. The summed E-state index contributed by atoms with van der Waals surface area (Å²) < 4.78 is 2.03. The van der Waals surface area contributed by atoms with Gasteiger partial charge in [-0.3, -0.25) is 0 Å². The maximum Gasteiger partial charge on any atom is 0.0632 e. The van der Waals surface area contributed by atoms with Gasteiger partial charge in [-0.1, -0.05) is 24.4 Å². The van der Waals surface area contributed by atoms with E-state index in [1.54, 1.807) is 0 Å². The molecule has 0 saturated heterocycles. The van der Waals surface area contributed by atoms with E-state index in [1.807, 2.05) is 12.1 Å². The summed E-state index contributed by atoms with van der Waals surface area (Å²) in [7, 11) is 0. The van der Waals surface area contributed by atoms with Crippen molar-refractivity contribution in [2.45, 2.75) is 38.6 Å². The Bertz CT molecular complexity index is 379. The topological polar surface area (TPSA) is 12.0 Å². The first-order valence-corrected chi connectivity index (χ1v) is 7.95. The van der Waals surface area contributed by atoms with Crippen molar-refractivity contribution in [1.29, 1.82) is 0 Å². The molecule has 1 aliphatic carbocycles. The average Bonchev–Trinajstić information content (AvgIpc) is 2.76. The number of anilines is 1. The molecule has 17 heavy (non-hydrogen) atoms. The van der Waals surface area contributed by atoms with Crippen molar-refractivity contribution >= 4 is 49.1 Å². The third-order valence-electron chi connectivity index (χ3n) is 3.49. The molecule has 0 radical (unpaired) electrons. The minimum atomic E-state index is 0.506. The van der Waals surface area contributed by atoms with Crippen molar-refractivity contribution in [3.63, 3.8) is 0 Å². The van der Waals surface area contributed by atoms with Crippen molar-refractivity contribution in [2.75, 3.05) is 5.32 Å². The monoisotopic (exact) mass is 379 g/mol. The zero-order valence-electron chi connectivity index (χ0n) is 9.77. The zero-order chi connectivity index (χ0) is 12.4. The number of benzene rings is 1. The van der Waals surface area contributed by atoms with E-state index >= 15 is 0 Å². The minimum Gasteiger partial charge on any atom is -0.380 e. The van der Waals surface area contributed by atoms with E-state index in [4.69, 9.17) is 11.6 Å². The molecule has 2 rings (SSSR count). The number of halogens is 3. The minimum absolute atomic E-state index is 0.506. The first-order valence-electron chi connectivity index (χ1n) is 5.99. The number of hydrogen-bond donors (Lipinski definition) is 1. The third-order valence-corrected chi connectivity index (χ3v) is 4.95. The highest BCUT2D eigenvalue weighted by atomic mass is 79.9. The van der Waals surface area contributed by atoms with Crippen LogP contribution in [0, 0.1) is 5.92 Å². The van der Waals surface area contributed by atoms with Gasteiger partial charge in [0.1, 0.15) is 0 Å². The van der Waals surface area contributed by atoms with Gasteiger partial charge in [-0.05, 0) is 69.7 Å². The second-order valence-corrected chi connectivity index (χ2v) is 6.87. The maximum absolute atomic E-state index is 6.00. The molecule has 94 valence electrons. The standard InChI is InChI=1S/C13H16Br2ClN/c1-8(9-4-2-3-5-9)17-13-11(14)6-10(16)7-12(13)15/h6-9,17H,2-5H2,1H3. The van der Waals surface area contributed by atoms with Crippen LogP contribution in [0.25, 0.3) is 0 Å². The largest absolute Gasteiger partial charge is 0.380 e. The number of nitrogens with one attached hydrogen (secondary N) is 1. The lowest BCUT2D eigenvalue weighted by Crippen LogP contribution is -2.24. The predicted octanol–water partition coefficient (Wildman–Crippen LogP) is 5.86. The molecule has 0 bridgehead atoms. The Hall–Kier alpha value is 0.270. The molecule has 0 heterocycles. The summed E-state index contributed by atoms with van der Waals surface area (Å²) in [6.45, 7) is 2.27. The van der Waals surface area contributed by atoms with Crippen LogP contribution in [0.15, 0.2) is 21.1 Å². The highest BCUT2D eigenvalue weighted by Crippen LogP contribution is 2.36. The molecule has 1 nitrogen and oxygen atoms in total. The molecule has 0 aliphatic heterocycles. The zero-order valence-corrected chi connectivity index (χ0v) is 13.7. The summed E-state index contributed by atoms with van der Waals surface area (Å²) in [6.07, 6.45) is 5.44. The van der Waals surface area contributed by atoms with Gasteiger partial charge in [-0.15, -0.1) is 0 Å². The van der Waals surface area contributed by atoms with Gasteiger partial charge in [-0.25, -0.2) is 0 Å². The summed E-state index contributed by atoms with van der Waals surface area (Å²) in [5, 5.41) is 4.33. The van der Waals surface area contributed by atoms with Gasteiger partial charge >= 0.3 is 0 Å². The molecule has 0 amide bonds. The summed E-state index contributed by atoms with van der Waals surface area (Å²) in [4.78, 5) is 0. The Labute approximate surface area is 125 Å². The molecule has 1 fully saturated rings. The van der Waals surface area contributed by atoms with Crippen LogP contribution in [0.3, 0.4) is 0 Å². The average molecular weight is 382 g/mol. The van der Waals surface area contributed by atoms with E-state index in [0.29, 0.717) is 6.04 Å². The van der Waals surface area contributed by atoms with Crippen molar-refractivity contribution in [3.05, 3.63) is 26.1 Å². The Morgan fingerprint density at radius 2 is 1.76 bits per heavy atom. The molecule has 1 atom stereocenters. The van der Waals surface area contributed by atoms with Crippen LogP contribution in [-0.4, -0.2) is 6.04 Å². The first-order chi connectivity index (χ1) is 8.08. The lowest BCUT2D eigenvalue weighted by atomic mass is 9.99. The van der Waals surface area contributed by atoms with E-state index in [1.165, 1.54) is 25.7 Å². The fraction of sp³-hybridized carbons (Fsp3) is 0.538. The third kappa shape index (κ3) is 3.39. The van der Waals surface area contributed by atoms with E-state index in [0.717, 1.165) is 25.6 Å². The molecule has 4 heteroatoms. The van der Waals surface area contributed by atoms with E-state index in [-0.39, 0.29) is 0 Å². The van der Waals surface area contributed by atoms with E-state index in [2.05, 4.69) is 44.1 Å². The molecular formula is C13H16Br2ClN. The van der Waals surface area contributed by atoms with Crippen LogP contribution in [0.1, 0.15) is 32.6 Å². The van der Waals surface area contributed by atoms with E-state index < -0.39 is 0 Å². The summed E-state index contributed by atoms with van der Waals surface area (Å²) in [5.41, 5.74) is 1.11. The molecule has 1 N–H and O–H groups in total. The Morgan fingerprint density at radius 1 is 1.24 bits per heavy atom. The fourth-order valence-corrected chi connectivity index (χ4v) is 4.38. The van der Waals surface area contributed by atoms with Crippen LogP contribution in [-0.2, 0) is 0 Å². The highest BCUT2D eigenvalue weighted by Gasteiger charge is 2.22. The van der Waals surface area contributed by atoms with Crippen LogP contribution < -0.4 is 5.32 Å². The molecule has 0 aromatic heterocycles. The Morgan fingerprint density at radius 3 is 2.29 bits per heavy atom. The van der Waals surface area contributed by atoms with Gasteiger partial charge in [0.05, 0.1) is 5.69 Å². The second-order valence-electron chi connectivity index (χ2n) is 4.72. The van der Waals surface area contributed by atoms with Crippen molar-refractivity contribution < 1.29 is 0 Å². The molecule has 0 spiro atoms. The van der Waals surface area contributed by atoms with Gasteiger partial charge in [0.2, 0.25) is 0 Å². The Balaban J connectivity index is 2.12. The highest BCUT2D eigenvalue weighted by molar-refractivity contribution is 9.11. The summed E-state index contributed by atoms with van der Waals surface area (Å²) >= 11 is 13.1. The van der Waals surface area contributed by atoms with Crippen LogP contribution in [0.5, 0.6) is 0 Å². The van der Waals surface area contributed by atoms with Crippen molar-refractivity contribution in [3.8, 4) is 0 Å². The van der Waals surface area contributed by atoms with Gasteiger partial charge < -0.3 is 5.32 Å². The first kappa shape index (κ1) is 13.7. The van der Waals surface area contributed by atoms with E-state index in [9.17, 15) is 0 Å². The molecular weight excluding hydrogens is 365 g/mol. The fourth-order valence-electron chi connectivity index (χ4n) is 2.48. The summed E-state index contributed by atoms with van der Waals surface area (Å²) in [5.74, 6) is 0.796. The van der Waals surface area contributed by atoms with Crippen LogP contribution >= 0.6 is 43.5 Å². The quantitative estimate of drug-likeness (QED) is 0.692. The normalized spacial score (nSPS) is 18.4. The number of rotatable bonds is 3. The maximum atomic E-state index is 6.00.